The van der Waals surface area contributed by atoms with E-state index in [4.69, 9.17) is 9.47 Å². The van der Waals surface area contributed by atoms with Crippen LogP contribution >= 0.6 is 0 Å². The largest absolute Gasteiger partial charge is 0.461 e. The van der Waals surface area contributed by atoms with Gasteiger partial charge in [-0.1, -0.05) is 26.0 Å². The second-order valence-corrected chi connectivity index (χ2v) is 7.55. The Labute approximate surface area is 185 Å². The first kappa shape index (κ1) is 24.8. The van der Waals surface area contributed by atoms with Gasteiger partial charge in [-0.2, -0.15) is 0 Å². The van der Waals surface area contributed by atoms with Gasteiger partial charge in [-0.3, -0.25) is 9.59 Å². The van der Waals surface area contributed by atoms with E-state index in [0.29, 0.717) is 11.3 Å². The van der Waals surface area contributed by atoms with E-state index >= 15 is 0 Å². The molecule has 172 valence electrons. The number of amides is 1. The first-order valence-corrected chi connectivity index (χ1v) is 10.2. The molecule has 1 atom stereocenters. The topological polar surface area (TPSA) is 115 Å². The molecule has 2 aromatic rings. The molecule has 1 heterocycles. The number of carbonyl (C=O) groups is 4. The lowest BCUT2D eigenvalue weighted by atomic mass is 10.0. The minimum atomic E-state index is -1.08. The minimum Gasteiger partial charge on any atom is -0.461 e. The summed E-state index contributed by atoms with van der Waals surface area (Å²) in [6.07, 6.45) is 0. The number of carbonyl (C=O) groups excluding carboxylic acids is 4. The summed E-state index contributed by atoms with van der Waals surface area (Å²) < 4.78 is 24.0. The lowest BCUT2D eigenvalue weighted by Gasteiger charge is -2.21. The Morgan fingerprint density at radius 3 is 2.34 bits per heavy atom. The number of aromatic amines is 1. The van der Waals surface area contributed by atoms with Crippen LogP contribution in [0, 0.1) is 25.6 Å². The summed E-state index contributed by atoms with van der Waals surface area (Å²) >= 11 is 0. The van der Waals surface area contributed by atoms with Crippen molar-refractivity contribution >= 4 is 23.6 Å². The number of hydrogen-bond donors (Lipinski definition) is 2. The first-order valence-electron chi connectivity index (χ1n) is 10.2. The highest BCUT2D eigenvalue weighted by Crippen LogP contribution is 2.20. The Balaban J connectivity index is 2.09. The van der Waals surface area contributed by atoms with Crippen molar-refractivity contribution in [3.63, 3.8) is 0 Å². The van der Waals surface area contributed by atoms with E-state index in [-0.39, 0.29) is 29.3 Å². The maximum atomic E-state index is 13.9. The molecule has 1 aromatic carbocycles. The average Bonchev–Trinajstić information content (AvgIpc) is 3.04. The van der Waals surface area contributed by atoms with Crippen molar-refractivity contribution in [1.29, 1.82) is 0 Å². The van der Waals surface area contributed by atoms with E-state index in [9.17, 15) is 23.6 Å². The van der Waals surface area contributed by atoms with Crippen LogP contribution in [0.25, 0.3) is 0 Å². The molecule has 0 bridgehead atoms. The number of esters is 2. The molecule has 1 aromatic heterocycles. The molecule has 0 spiro atoms. The minimum absolute atomic E-state index is 0.163. The maximum absolute atomic E-state index is 13.9. The monoisotopic (exact) mass is 446 g/mol. The second kappa shape index (κ2) is 10.7. The first-order chi connectivity index (χ1) is 15.1. The van der Waals surface area contributed by atoms with Crippen molar-refractivity contribution in [2.75, 3.05) is 13.2 Å². The fraction of sp³-hybridized carbons (Fsp3) is 0.391. The molecule has 2 N–H and O–H groups in total. The summed E-state index contributed by atoms with van der Waals surface area (Å²) in [6.45, 7) is 7.85. The fourth-order valence-corrected chi connectivity index (χ4v) is 3.24. The normalized spacial score (nSPS) is 11.7. The van der Waals surface area contributed by atoms with Crippen LogP contribution in [0.1, 0.15) is 63.2 Å². The summed E-state index contributed by atoms with van der Waals surface area (Å²) in [7, 11) is 0. The van der Waals surface area contributed by atoms with Gasteiger partial charge in [0.2, 0.25) is 5.78 Å². The molecule has 0 radical (unpaired) electrons. The number of aryl methyl sites for hydroxylation is 1. The molecular formula is C23H27FN2O6. The number of benzene rings is 1. The molecule has 0 aliphatic carbocycles. The quantitative estimate of drug-likeness (QED) is 0.452. The average molecular weight is 446 g/mol. The van der Waals surface area contributed by atoms with Crippen molar-refractivity contribution in [2.24, 2.45) is 5.92 Å². The molecule has 2 rings (SSSR count). The van der Waals surface area contributed by atoms with Crippen molar-refractivity contribution in [3.05, 3.63) is 58.2 Å². The number of halogens is 1. The van der Waals surface area contributed by atoms with Crippen LogP contribution in [0.5, 0.6) is 0 Å². The predicted octanol–water partition coefficient (Wildman–Crippen LogP) is 3.13. The molecule has 0 saturated carbocycles. The lowest BCUT2D eigenvalue weighted by Crippen LogP contribution is -2.46. The smallest absolute Gasteiger partial charge is 0.355 e. The number of rotatable bonds is 9. The second-order valence-electron chi connectivity index (χ2n) is 7.55. The molecule has 8 nitrogen and oxygen atoms in total. The summed E-state index contributed by atoms with van der Waals surface area (Å²) in [6, 6.07) is 4.31. The van der Waals surface area contributed by atoms with E-state index in [0.717, 1.165) is 6.07 Å². The van der Waals surface area contributed by atoms with Gasteiger partial charge in [0, 0.05) is 11.3 Å². The third kappa shape index (κ3) is 5.60. The Bertz CT molecular complexity index is 1030. The van der Waals surface area contributed by atoms with Crippen LogP contribution in [-0.4, -0.2) is 47.9 Å². The molecule has 32 heavy (non-hydrogen) atoms. The highest BCUT2D eigenvalue weighted by Gasteiger charge is 2.29. The fourth-order valence-electron chi connectivity index (χ4n) is 3.24. The third-order valence-corrected chi connectivity index (χ3v) is 4.87. The molecule has 1 amide bonds. The van der Waals surface area contributed by atoms with Gasteiger partial charge in [-0.05, 0) is 44.4 Å². The summed E-state index contributed by atoms with van der Waals surface area (Å²) in [4.78, 5) is 52.5. The maximum Gasteiger partial charge on any atom is 0.355 e. The van der Waals surface area contributed by atoms with Gasteiger partial charge in [0.25, 0.3) is 5.91 Å². The number of ketones is 1. The zero-order chi connectivity index (χ0) is 24.0. The number of ether oxygens (including phenoxy) is 2. The molecule has 0 unspecified atom stereocenters. The Morgan fingerprint density at radius 1 is 1.09 bits per heavy atom. The van der Waals surface area contributed by atoms with E-state index < -0.39 is 42.1 Å². The number of nitrogens with one attached hydrogen (secondary N) is 2. The van der Waals surface area contributed by atoms with Gasteiger partial charge in [-0.15, -0.1) is 0 Å². The van der Waals surface area contributed by atoms with Gasteiger partial charge in [-0.25, -0.2) is 14.0 Å². The number of hydrogen-bond acceptors (Lipinski definition) is 6. The van der Waals surface area contributed by atoms with Crippen LogP contribution in [0.3, 0.4) is 0 Å². The van der Waals surface area contributed by atoms with Gasteiger partial charge >= 0.3 is 11.9 Å². The van der Waals surface area contributed by atoms with Crippen molar-refractivity contribution in [3.8, 4) is 0 Å². The van der Waals surface area contributed by atoms with Crippen LogP contribution in [0.15, 0.2) is 24.3 Å². The Hall–Kier alpha value is -3.49. The lowest BCUT2D eigenvalue weighted by molar-refractivity contribution is -0.145. The highest BCUT2D eigenvalue weighted by molar-refractivity contribution is 6.04. The van der Waals surface area contributed by atoms with E-state index in [1.54, 1.807) is 34.6 Å². The van der Waals surface area contributed by atoms with Gasteiger partial charge in [0.05, 0.1) is 12.2 Å². The third-order valence-electron chi connectivity index (χ3n) is 4.87. The SMILES string of the molecule is CCOC(=O)c1[nH]c(C)c(C(=O)COC(=O)[C@@H](NC(=O)c2ccccc2F)C(C)C)c1C. The summed E-state index contributed by atoms with van der Waals surface area (Å²) in [5.74, 6) is -3.77. The molecular weight excluding hydrogens is 419 g/mol. The number of H-pyrrole nitrogens is 1. The Kier molecular flexibility index (Phi) is 8.28. The van der Waals surface area contributed by atoms with E-state index in [1.807, 2.05) is 0 Å². The standard InChI is InChI=1S/C23H27FN2O6/c1-6-31-23(30)20-13(4)18(14(5)25-20)17(27)11-32-22(29)19(12(2)3)26-21(28)15-9-7-8-10-16(15)24/h7-10,12,19,25H,6,11H2,1-5H3,(H,26,28)/t19-/m0/s1. The van der Waals surface area contributed by atoms with Gasteiger partial charge < -0.3 is 19.8 Å². The molecule has 9 heteroatoms. The molecule has 0 aliphatic heterocycles. The van der Waals surface area contributed by atoms with Gasteiger partial charge in [0.15, 0.2) is 6.61 Å². The predicted molar refractivity (Wildman–Crippen MR) is 114 cm³/mol. The van der Waals surface area contributed by atoms with Crippen molar-refractivity contribution < 1.29 is 33.0 Å². The van der Waals surface area contributed by atoms with Crippen LogP contribution < -0.4 is 5.32 Å². The number of aromatic nitrogens is 1. The van der Waals surface area contributed by atoms with Crippen molar-refractivity contribution in [2.45, 2.75) is 40.7 Å². The van der Waals surface area contributed by atoms with Crippen molar-refractivity contribution in [1.82, 2.24) is 10.3 Å². The van der Waals surface area contributed by atoms with E-state index in [2.05, 4.69) is 10.3 Å². The summed E-state index contributed by atoms with van der Waals surface area (Å²) in [5.41, 5.74) is 1.04. The van der Waals surface area contributed by atoms with Crippen LogP contribution in [0.4, 0.5) is 4.39 Å². The zero-order valence-corrected chi connectivity index (χ0v) is 18.7. The Morgan fingerprint density at radius 2 is 1.75 bits per heavy atom. The van der Waals surface area contributed by atoms with Crippen LogP contribution in [-0.2, 0) is 14.3 Å². The molecule has 0 fully saturated rings. The van der Waals surface area contributed by atoms with E-state index in [1.165, 1.54) is 18.2 Å². The molecule has 0 aliphatic rings. The highest BCUT2D eigenvalue weighted by atomic mass is 19.1. The summed E-state index contributed by atoms with van der Waals surface area (Å²) in [5, 5.41) is 2.46. The number of Topliss-reactive ketones (excluding diaryl/α,β-unsaturated/α-hetero) is 1. The zero-order valence-electron chi connectivity index (χ0n) is 18.7. The van der Waals surface area contributed by atoms with Gasteiger partial charge in [0.1, 0.15) is 17.6 Å². The molecule has 0 saturated heterocycles. The van der Waals surface area contributed by atoms with Crippen LogP contribution in [0.2, 0.25) is 0 Å².